The van der Waals surface area contributed by atoms with Crippen LogP contribution < -0.4 is 5.32 Å². The molecule has 1 aliphatic heterocycles. The minimum atomic E-state index is -0.563. The highest BCUT2D eigenvalue weighted by molar-refractivity contribution is 9.10. The molecule has 5 heteroatoms. The molecule has 1 aromatic carbocycles. The molecular weight excluding hydrogens is 308 g/mol. The number of rotatable bonds is 1. The van der Waals surface area contributed by atoms with Gasteiger partial charge in [-0.05, 0) is 59.8 Å². The third-order valence-corrected chi connectivity index (χ3v) is 3.87. The fourth-order valence-electron chi connectivity index (χ4n) is 2.14. The molecule has 1 heterocycles. The molecule has 4 nitrogen and oxygen atoms in total. The molecule has 0 aromatic heterocycles. The summed E-state index contributed by atoms with van der Waals surface area (Å²) in [6.45, 7) is 3.33. The number of hydrogen-bond acceptors (Lipinski definition) is 2. The van der Waals surface area contributed by atoms with Crippen LogP contribution in [0.4, 0.5) is 5.69 Å². The number of benzene rings is 1. The Hall–Kier alpha value is -1.36. The van der Waals surface area contributed by atoms with Gasteiger partial charge in [-0.2, -0.15) is 0 Å². The van der Waals surface area contributed by atoms with Crippen molar-refractivity contribution in [3.63, 3.8) is 0 Å². The lowest BCUT2D eigenvalue weighted by Crippen LogP contribution is -2.42. The Morgan fingerprint density at radius 3 is 2.53 bits per heavy atom. The number of amides is 2. The van der Waals surface area contributed by atoms with Gasteiger partial charge in [0, 0.05) is 17.6 Å². The summed E-state index contributed by atoms with van der Waals surface area (Å²) < 4.78 is 0.785. The van der Waals surface area contributed by atoms with Crippen molar-refractivity contribution in [2.24, 2.45) is 0 Å². The number of carbonyl (C=O) groups excluding carboxylic acids is 2. The van der Waals surface area contributed by atoms with Crippen molar-refractivity contribution in [2.75, 3.05) is 18.4 Å². The van der Waals surface area contributed by atoms with Gasteiger partial charge in [0.1, 0.15) is 0 Å². The minimum Gasteiger partial charge on any atom is -0.334 e. The Balaban J connectivity index is 2.01. The van der Waals surface area contributed by atoms with E-state index in [0.29, 0.717) is 18.8 Å². The third-order valence-electron chi connectivity index (χ3n) is 3.21. The molecule has 0 unspecified atom stereocenters. The van der Waals surface area contributed by atoms with Gasteiger partial charge < -0.3 is 10.2 Å². The molecule has 0 bridgehead atoms. The van der Waals surface area contributed by atoms with E-state index in [1.807, 2.05) is 19.1 Å². The number of likely N-dealkylation sites (tertiary alicyclic amines) is 1. The van der Waals surface area contributed by atoms with Crippen LogP contribution in [0.25, 0.3) is 0 Å². The summed E-state index contributed by atoms with van der Waals surface area (Å²) in [5.41, 5.74) is 1.72. The molecule has 0 aliphatic carbocycles. The van der Waals surface area contributed by atoms with Crippen LogP contribution in [0.3, 0.4) is 0 Å². The molecule has 2 rings (SSSR count). The van der Waals surface area contributed by atoms with Crippen molar-refractivity contribution in [1.82, 2.24) is 4.90 Å². The van der Waals surface area contributed by atoms with Gasteiger partial charge in [0.25, 0.3) is 0 Å². The zero-order valence-corrected chi connectivity index (χ0v) is 12.5. The number of carbonyl (C=O) groups is 2. The van der Waals surface area contributed by atoms with Gasteiger partial charge in [0.15, 0.2) is 0 Å². The molecule has 0 atom stereocenters. The summed E-state index contributed by atoms with van der Waals surface area (Å²) in [7, 11) is 0. The average Bonchev–Trinajstić information content (AvgIpc) is 2.42. The standard InChI is InChI=1S/C14H17BrN2O2/c1-10-5-6-12(11(15)9-10)16-13(18)14(19)17-7-3-2-4-8-17/h5-6,9H,2-4,7-8H2,1H3,(H,16,18). The van der Waals surface area contributed by atoms with Crippen LogP contribution in [-0.4, -0.2) is 29.8 Å². The number of anilines is 1. The van der Waals surface area contributed by atoms with E-state index in [9.17, 15) is 9.59 Å². The normalized spacial score (nSPS) is 15.2. The first-order chi connectivity index (χ1) is 9.08. The number of hydrogen-bond donors (Lipinski definition) is 1. The van der Waals surface area contributed by atoms with E-state index < -0.39 is 11.8 Å². The highest BCUT2D eigenvalue weighted by Crippen LogP contribution is 2.23. The molecule has 2 amide bonds. The highest BCUT2D eigenvalue weighted by Gasteiger charge is 2.23. The van der Waals surface area contributed by atoms with Crippen LogP contribution in [0.5, 0.6) is 0 Å². The largest absolute Gasteiger partial charge is 0.334 e. The molecule has 1 aromatic rings. The molecule has 0 radical (unpaired) electrons. The van der Waals surface area contributed by atoms with E-state index in [2.05, 4.69) is 21.2 Å². The van der Waals surface area contributed by atoms with E-state index in [4.69, 9.17) is 0 Å². The number of aryl methyl sites for hydroxylation is 1. The Morgan fingerprint density at radius 2 is 1.89 bits per heavy atom. The van der Waals surface area contributed by atoms with Crippen molar-refractivity contribution in [2.45, 2.75) is 26.2 Å². The van der Waals surface area contributed by atoms with Crippen molar-refractivity contribution >= 4 is 33.4 Å². The van der Waals surface area contributed by atoms with Gasteiger partial charge in [-0.3, -0.25) is 9.59 Å². The molecule has 0 spiro atoms. The van der Waals surface area contributed by atoms with Crippen LogP contribution >= 0.6 is 15.9 Å². The predicted octanol–water partition coefficient (Wildman–Crippen LogP) is 2.71. The maximum absolute atomic E-state index is 12.0. The van der Waals surface area contributed by atoms with Crippen molar-refractivity contribution < 1.29 is 9.59 Å². The van der Waals surface area contributed by atoms with Crippen molar-refractivity contribution in [3.8, 4) is 0 Å². The molecule has 1 N–H and O–H groups in total. The van der Waals surface area contributed by atoms with E-state index in [1.54, 1.807) is 11.0 Å². The molecule has 0 saturated carbocycles. The van der Waals surface area contributed by atoms with Gasteiger partial charge >= 0.3 is 11.8 Å². The van der Waals surface area contributed by atoms with Gasteiger partial charge in [0.05, 0.1) is 5.69 Å². The Bertz CT molecular complexity index is 496. The van der Waals surface area contributed by atoms with Crippen molar-refractivity contribution in [1.29, 1.82) is 0 Å². The fraction of sp³-hybridized carbons (Fsp3) is 0.429. The van der Waals surface area contributed by atoms with E-state index in [-0.39, 0.29) is 0 Å². The third kappa shape index (κ3) is 3.56. The first kappa shape index (κ1) is 14.1. The number of piperidine rings is 1. The van der Waals surface area contributed by atoms with Crippen LogP contribution in [0, 0.1) is 6.92 Å². The first-order valence-electron chi connectivity index (χ1n) is 6.44. The van der Waals surface area contributed by atoms with Crippen LogP contribution in [0.2, 0.25) is 0 Å². The lowest BCUT2D eigenvalue weighted by molar-refractivity contribution is -0.143. The minimum absolute atomic E-state index is 0.438. The quantitative estimate of drug-likeness (QED) is 0.807. The molecule has 102 valence electrons. The number of halogens is 1. The van der Waals surface area contributed by atoms with Gasteiger partial charge in [-0.1, -0.05) is 6.07 Å². The Morgan fingerprint density at radius 1 is 1.21 bits per heavy atom. The lowest BCUT2D eigenvalue weighted by atomic mass is 10.1. The summed E-state index contributed by atoms with van der Waals surface area (Å²) in [5.74, 6) is -1.00. The topological polar surface area (TPSA) is 49.4 Å². The smallest absolute Gasteiger partial charge is 0.313 e. The van der Waals surface area contributed by atoms with Crippen LogP contribution in [0.15, 0.2) is 22.7 Å². The average molecular weight is 325 g/mol. The summed E-state index contributed by atoms with van der Waals surface area (Å²) in [4.78, 5) is 25.5. The molecule has 1 saturated heterocycles. The monoisotopic (exact) mass is 324 g/mol. The van der Waals surface area contributed by atoms with E-state index in [1.165, 1.54) is 0 Å². The van der Waals surface area contributed by atoms with Gasteiger partial charge in [-0.25, -0.2) is 0 Å². The molecule has 1 aliphatic rings. The SMILES string of the molecule is Cc1ccc(NC(=O)C(=O)N2CCCCC2)c(Br)c1. The second-order valence-electron chi connectivity index (χ2n) is 4.79. The number of nitrogens with one attached hydrogen (secondary N) is 1. The molecule has 19 heavy (non-hydrogen) atoms. The first-order valence-corrected chi connectivity index (χ1v) is 7.23. The second-order valence-corrected chi connectivity index (χ2v) is 5.64. The zero-order chi connectivity index (χ0) is 13.8. The molecule has 1 fully saturated rings. The zero-order valence-electron chi connectivity index (χ0n) is 10.9. The summed E-state index contributed by atoms with van der Waals surface area (Å²) in [6, 6.07) is 5.59. The van der Waals surface area contributed by atoms with Crippen molar-refractivity contribution in [3.05, 3.63) is 28.2 Å². The summed E-state index contributed by atoms with van der Waals surface area (Å²) in [6.07, 6.45) is 3.09. The van der Waals surface area contributed by atoms with Gasteiger partial charge in [0.2, 0.25) is 0 Å². The fourth-order valence-corrected chi connectivity index (χ4v) is 2.73. The maximum Gasteiger partial charge on any atom is 0.313 e. The summed E-state index contributed by atoms with van der Waals surface area (Å²) in [5, 5.41) is 2.66. The summed E-state index contributed by atoms with van der Waals surface area (Å²) >= 11 is 3.38. The van der Waals surface area contributed by atoms with Crippen LogP contribution in [-0.2, 0) is 9.59 Å². The number of nitrogens with zero attached hydrogens (tertiary/aromatic N) is 1. The lowest BCUT2D eigenvalue weighted by Gasteiger charge is -2.25. The Kier molecular flexibility index (Phi) is 4.58. The second kappa shape index (κ2) is 6.19. The van der Waals surface area contributed by atoms with E-state index >= 15 is 0 Å². The highest BCUT2D eigenvalue weighted by atomic mass is 79.9. The van der Waals surface area contributed by atoms with Gasteiger partial charge in [-0.15, -0.1) is 0 Å². The van der Waals surface area contributed by atoms with Crippen LogP contribution in [0.1, 0.15) is 24.8 Å². The maximum atomic E-state index is 12.0. The van der Waals surface area contributed by atoms with E-state index in [0.717, 1.165) is 29.3 Å². The predicted molar refractivity (Wildman–Crippen MR) is 77.9 cm³/mol. The molecular formula is C14H17BrN2O2. The Labute approximate surface area is 121 Å².